The quantitative estimate of drug-likeness (QED) is 0.666. The van der Waals surface area contributed by atoms with E-state index >= 15 is 0 Å². The number of esters is 1. The highest BCUT2D eigenvalue weighted by Crippen LogP contribution is 2.22. The highest BCUT2D eigenvalue weighted by Gasteiger charge is 2.10. The SMILES string of the molecule is COC(=O)CCCC(=O)Nc1nc(C)c(C#Cc2ccncc2)s1. The van der Waals surface area contributed by atoms with Crippen molar-refractivity contribution >= 4 is 28.3 Å². The lowest BCUT2D eigenvalue weighted by molar-refractivity contribution is -0.140. The van der Waals surface area contributed by atoms with Gasteiger partial charge in [-0.15, -0.1) is 0 Å². The number of aromatic nitrogens is 2. The number of hydrogen-bond acceptors (Lipinski definition) is 6. The van der Waals surface area contributed by atoms with E-state index in [-0.39, 0.29) is 24.7 Å². The van der Waals surface area contributed by atoms with E-state index in [9.17, 15) is 9.59 Å². The number of rotatable bonds is 5. The molecular weight excluding hydrogens is 326 g/mol. The van der Waals surface area contributed by atoms with E-state index < -0.39 is 0 Å². The van der Waals surface area contributed by atoms with Crippen molar-refractivity contribution in [3.8, 4) is 11.8 Å². The molecule has 2 rings (SSSR count). The minimum Gasteiger partial charge on any atom is -0.469 e. The third kappa shape index (κ3) is 5.48. The molecule has 0 saturated carbocycles. The second kappa shape index (κ2) is 8.79. The topological polar surface area (TPSA) is 81.2 Å². The van der Waals surface area contributed by atoms with E-state index in [2.05, 4.69) is 31.9 Å². The maximum absolute atomic E-state index is 11.8. The number of carbonyl (C=O) groups is 2. The lowest BCUT2D eigenvalue weighted by atomic mass is 10.2. The zero-order chi connectivity index (χ0) is 17.4. The van der Waals surface area contributed by atoms with Crippen LogP contribution in [0.15, 0.2) is 24.5 Å². The van der Waals surface area contributed by atoms with Crippen LogP contribution >= 0.6 is 11.3 Å². The molecule has 0 atom stereocenters. The molecule has 0 fully saturated rings. The molecule has 0 spiro atoms. The molecule has 124 valence electrons. The van der Waals surface area contributed by atoms with Crippen LogP contribution in [-0.2, 0) is 14.3 Å². The largest absolute Gasteiger partial charge is 0.469 e. The first-order valence-electron chi connectivity index (χ1n) is 7.34. The normalized spacial score (nSPS) is 9.75. The van der Waals surface area contributed by atoms with Crippen LogP contribution in [0.2, 0.25) is 0 Å². The summed E-state index contributed by atoms with van der Waals surface area (Å²) in [5, 5.41) is 3.24. The molecule has 2 heterocycles. The lowest BCUT2D eigenvalue weighted by Gasteiger charge is -2.00. The molecule has 6 nitrogen and oxygen atoms in total. The van der Waals surface area contributed by atoms with Crippen LogP contribution in [0.25, 0.3) is 0 Å². The molecule has 0 aliphatic heterocycles. The summed E-state index contributed by atoms with van der Waals surface area (Å²) < 4.78 is 4.53. The minimum absolute atomic E-state index is 0.179. The second-order valence-electron chi connectivity index (χ2n) is 4.90. The number of thiazole rings is 1. The fraction of sp³-hybridized carbons (Fsp3) is 0.294. The van der Waals surface area contributed by atoms with Crippen molar-refractivity contribution in [2.45, 2.75) is 26.2 Å². The zero-order valence-corrected chi connectivity index (χ0v) is 14.3. The summed E-state index contributed by atoms with van der Waals surface area (Å²) in [6, 6.07) is 3.65. The number of methoxy groups -OCH3 is 1. The fourth-order valence-corrected chi connectivity index (χ4v) is 2.64. The Kier molecular flexibility index (Phi) is 6.46. The molecule has 2 aromatic heterocycles. The van der Waals surface area contributed by atoms with Crippen LogP contribution < -0.4 is 5.32 Å². The van der Waals surface area contributed by atoms with Gasteiger partial charge in [-0.3, -0.25) is 14.6 Å². The number of hydrogen-bond donors (Lipinski definition) is 1. The third-order valence-corrected chi connectivity index (χ3v) is 4.04. The smallest absolute Gasteiger partial charge is 0.305 e. The number of amides is 1. The Balaban J connectivity index is 1.93. The monoisotopic (exact) mass is 343 g/mol. The number of ether oxygens (including phenoxy) is 1. The van der Waals surface area contributed by atoms with Crippen molar-refractivity contribution in [3.63, 3.8) is 0 Å². The van der Waals surface area contributed by atoms with Crippen LogP contribution in [0.4, 0.5) is 5.13 Å². The number of aryl methyl sites for hydroxylation is 1. The predicted molar refractivity (Wildman–Crippen MR) is 91.6 cm³/mol. The number of nitrogens with zero attached hydrogens (tertiary/aromatic N) is 2. The molecule has 0 saturated heterocycles. The first-order valence-corrected chi connectivity index (χ1v) is 8.16. The summed E-state index contributed by atoms with van der Waals surface area (Å²) in [5.74, 6) is 5.59. The van der Waals surface area contributed by atoms with Crippen LogP contribution in [0.1, 0.15) is 35.4 Å². The van der Waals surface area contributed by atoms with E-state index in [4.69, 9.17) is 0 Å². The summed E-state index contributed by atoms with van der Waals surface area (Å²) in [5.41, 5.74) is 1.64. The molecule has 0 unspecified atom stereocenters. The standard InChI is InChI=1S/C17H17N3O3S/c1-12-14(7-6-13-8-10-18-11-9-13)24-17(19-12)20-15(21)4-3-5-16(22)23-2/h8-11H,3-5H2,1-2H3,(H,19,20,21). The number of anilines is 1. The maximum atomic E-state index is 11.8. The molecule has 0 bridgehead atoms. The number of pyridine rings is 1. The van der Waals surface area contributed by atoms with Crippen molar-refractivity contribution in [2.24, 2.45) is 0 Å². The van der Waals surface area contributed by atoms with Crippen LogP contribution in [0.5, 0.6) is 0 Å². The van der Waals surface area contributed by atoms with Gasteiger partial charge in [0.1, 0.15) is 4.88 Å². The van der Waals surface area contributed by atoms with Crippen molar-refractivity contribution in [3.05, 3.63) is 40.7 Å². The van der Waals surface area contributed by atoms with E-state index in [0.717, 1.165) is 16.1 Å². The Labute approximate surface area is 144 Å². The highest BCUT2D eigenvalue weighted by molar-refractivity contribution is 7.16. The van der Waals surface area contributed by atoms with Gasteiger partial charge in [0.25, 0.3) is 0 Å². The first kappa shape index (κ1) is 17.6. The van der Waals surface area contributed by atoms with Crippen molar-refractivity contribution in [2.75, 3.05) is 12.4 Å². The first-order chi connectivity index (χ1) is 11.6. The van der Waals surface area contributed by atoms with Gasteiger partial charge < -0.3 is 10.1 Å². The molecule has 24 heavy (non-hydrogen) atoms. The van der Waals surface area contributed by atoms with Gasteiger partial charge in [-0.25, -0.2) is 4.98 Å². The van der Waals surface area contributed by atoms with E-state index in [0.29, 0.717) is 11.6 Å². The summed E-state index contributed by atoms with van der Waals surface area (Å²) in [7, 11) is 1.33. The molecule has 0 aromatic carbocycles. The molecule has 2 aromatic rings. The molecule has 0 radical (unpaired) electrons. The van der Waals surface area contributed by atoms with Gasteiger partial charge in [-0.2, -0.15) is 0 Å². The Hall–Kier alpha value is -2.72. The Morgan fingerprint density at radius 2 is 2.00 bits per heavy atom. The van der Waals surface area contributed by atoms with Gasteiger partial charge in [0.05, 0.1) is 12.8 Å². The molecule has 1 amide bonds. The van der Waals surface area contributed by atoms with Crippen LogP contribution in [-0.4, -0.2) is 29.0 Å². The fourth-order valence-electron chi connectivity index (χ4n) is 1.81. The zero-order valence-electron chi connectivity index (χ0n) is 13.5. The molecule has 1 N–H and O–H groups in total. The van der Waals surface area contributed by atoms with Gasteiger partial charge in [0, 0.05) is 30.8 Å². The number of nitrogens with one attached hydrogen (secondary N) is 1. The molecule has 7 heteroatoms. The van der Waals surface area contributed by atoms with Gasteiger partial charge in [-0.05, 0) is 31.4 Å². The Morgan fingerprint density at radius 1 is 1.25 bits per heavy atom. The number of carbonyl (C=O) groups excluding carboxylic acids is 2. The van der Waals surface area contributed by atoms with E-state index in [1.807, 2.05) is 19.1 Å². The molecule has 0 aliphatic carbocycles. The van der Waals surface area contributed by atoms with Crippen LogP contribution in [0, 0.1) is 18.8 Å². The minimum atomic E-state index is -0.318. The van der Waals surface area contributed by atoms with Crippen molar-refractivity contribution in [1.82, 2.24) is 9.97 Å². The Bertz CT molecular complexity index is 775. The Morgan fingerprint density at radius 3 is 2.71 bits per heavy atom. The summed E-state index contributed by atoms with van der Waals surface area (Å²) in [6.07, 6.45) is 4.28. The lowest BCUT2D eigenvalue weighted by Crippen LogP contribution is -2.12. The highest BCUT2D eigenvalue weighted by atomic mass is 32.1. The molecular formula is C17H17N3O3S. The van der Waals surface area contributed by atoms with Gasteiger partial charge in [0.2, 0.25) is 5.91 Å². The maximum Gasteiger partial charge on any atom is 0.305 e. The average molecular weight is 343 g/mol. The summed E-state index contributed by atoms with van der Waals surface area (Å²) in [6.45, 7) is 1.85. The third-order valence-electron chi connectivity index (χ3n) is 3.06. The predicted octanol–water partition coefficient (Wildman–Crippen LogP) is 2.53. The molecule has 0 aliphatic rings. The summed E-state index contributed by atoms with van der Waals surface area (Å²) >= 11 is 1.33. The van der Waals surface area contributed by atoms with E-state index in [1.165, 1.54) is 18.4 Å². The van der Waals surface area contributed by atoms with Gasteiger partial charge >= 0.3 is 5.97 Å². The van der Waals surface area contributed by atoms with Crippen molar-refractivity contribution in [1.29, 1.82) is 0 Å². The van der Waals surface area contributed by atoms with E-state index in [1.54, 1.807) is 12.4 Å². The van der Waals surface area contributed by atoms with Gasteiger partial charge in [-0.1, -0.05) is 17.3 Å². The van der Waals surface area contributed by atoms with Crippen LogP contribution in [0.3, 0.4) is 0 Å². The van der Waals surface area contributed by atoms with Gasteiger partial charge in [0.15, 0.2) is 5.13 Å². The average Bonchev–Trinajstić information content (AvgIpc) is 2.93. The van der Waals surface area contributed by atoms with Crippen molar-refractivity contribution < 1.29 is 14.3 Å². The second-order valence-corrected chi connectivity index (χ2v) is 5.90. The summed E-state index contributed by atoms with van der Waals surface area (Å²) in [4.78, 5) is 31.9.